The third-order valence-corrected chi connectivity index (χ3v) is 5.55. The van der Waals surface area contributed by atoms with Crippen molar-refractivity contribution in [3.63, 3.8) is 0 Å². The number of rotatable bonds is 6. The average molecular weight is 415 g/mol. The molecule has 30 heavy (non-hydrogen) atoms. The zero-order valence-electron chi connectivity index (χ0n) is 16.2. The summed E-state index contributed by atoms with van der Waals surface area (Å²) in [7, 11) is 0. The maximum atomic E-state index is 12.5. The highest BCUT2D eigenvalue weighted by Gasteiger charge is 2.36. The standard InChI is InChI=1S/C20H21N3O7/c24-18(11-22-10-15(23(26)27)2-4-19(22)25)21-12-20(5-7-28-8-6-20)14-1-3-16-17(9-14)30-13-29-16/h1-4,9-10H,5-8,11-13H2,(H,21,24). The lowest BCUT2D eigenvalue weighted by Crippen LogP contribution is -2.45. The van der Waals surface area contributed by atoms with Gasteiger partial charge < -0.3 is 19.5 Å². The Labute approximate surface area is 171 Å². The minimum absolute atomic E-state index is 0.184. The number of fused-ring (bicyclic) bond motifs is 1. The Bertz CT molecular complexity index is 1030. The first-order valence-corrected chi connectivity index (χ1v) is 9.56. The minimum atomic E-state index is -0.607. The number of carbonyl (C=O) groups excluding carboxylic acids is 1. The molecule has 0 aliphatic carbocycles. The first-order valence-electron chi connectivity index (χ1n) is 9.56. The summed E-state index contributed by atoms with van der Waals surface area (Å²) in [6.07, 6.45) is 2.50. The molecular formula is C20H21N3O7. The van der Waals surface area contributed by atoms with Crippen molar-refractivity contribution in [1.29, 1.82) is 0 Å². The number of ether oxygens (including phenoxy) is 3. The molecule has 10 heteroatoms. The van der Waals surface area contributed by atoms with Crippen molar-refractivity contribution in [2.75, 3.05) is 26.6 Å². The number of amides is 1. The number of carbonyl (C=O) groups is 1. The zero-order valence-corrected chi connectivity index (χ0v) is 16.2. The second-order valence-electron chi connectivity index (χ2n) is 7.35. The topological polar surface area (TPSA) is 122 Å². The van der Waals surface area contributed by atoms with Gasteiger partial charge in [-0.2, -0.15) is 0 Å². The molecule has 1 fully saturated rings. The summed E-state index contributed by atoms with van der Waals surface area (Å²) < 4.78 is 17.4. The van der Waals surface area contributed by atoms with Gasteiger partial charge in [0.1, 0.15) is 6.54 Å². The smallest absolute Gasteiger partial charge is 0.285 e. The Morgan fingerprint density at radius 1 is 1.17 bits per heavy atom. The summed E-state index contributed by atoms with van der Waals surface area (Å²) in [5.74, 6) is 0.965. The van der Waals surface area contributed by atoms with E-state index >= 15 is 0 Å². The van der Waals surface area contributed by atoms with Gasteiger partial charge in [-0.1, -0.05) is 6.07 Å². The van der Waals surface area contributed by atoms with Crippen molar-refractivity contribution in [3.05, 3.63) is 62.6 Å². The molecule has 1 aromatic carbocycles. The van der Waals surface area contributed by atoms with Crippen LogP contribution >= 0.6 is 0 Å². The average Bonchev–Trinajstić information content (AvgIpc) is 3.22. The second-order valence-corrected chi connectivity index (χ2v) is 7.35. The third kappa shape index (κ3) is 3.99. The number of pyridine rings is 1. The first kappa shape index (κ1) is 19.9. The predicted molar refractivity (Wildman–Crippen MR) is 105 cm³/mol. The van der Waals surface area contributed by atoms with E-state index in [1.807, 2.05) is 18.2 Å². The van der Waals surface area contributed by atoms with Gasteiger partial charge in [0.15, 0.2) is 11.5 Å². The largest absolute Gasteiger partial charge is 0.454 e. The van der Waals surface area contributed by atoms with E-state index in [0.29, 0.717) is 44.1 Å². The van der Waals surface area contributed by atoms with Crippen LogP contribution in [0.3, 0.4) is 0 Å². The van der Waals surface area contributed by atoms with E-state index in [9.17, 15) is 19.7 Å². The molecule has 0 bridgehead atoms. The van der Waals surface area contributed by atoms with Crippen LogP contribution in [0.2, 0.25) is 0 Å². The molecule has 0 saturated carbocycles. The number of benzene rings is 1. The van der Waals surface area contributed by atoms with Gasteiger partial charge in [-0.05, 0) is 30.5 Å². The fourth-order valence-electron chi connectivity index (χ4n) is 3.78. The molecule has 158 valence electrons. The Morgan fingerprint density at radius 3 is 2.70 bits per heavy atom. The highest BCUT2D eigenvalue weighted by Crippen LogP contribution is 2.40. The molecule has 0 unspecified atom stereocenters. The normalized spacial score (nSPS) is 16.8. The van der Waals surface area contributed by atoms with Crippen molar-refractivity contribution in [3.8, 4) is 11.5 Å². The Kier molecular flexibility index (Phi) is 5.40. The van der Waals surface area contributed by atoms with E-state index < -0.39 is 16.4 Å². The summed E-state index contributed by atoms with van der Waals surface area (Å²) in [5.41, 5.74) is -0.0541. The summed E-state index contributed by atoms with van der Waals surface area (Å²) in [6.45, 7) is 1.36. The van der Waals surface area contributed by atoms with Gasteiger partial charge in [-0.25, -0.2) is 0 Å². The molecule has 1 saturated heterocycles. The lowest BCUT2D eigenvalue weighted by atomic mass is 9.74. The van der Waals surface area contributed by atoms with Gasteiger partial charge >= 0.3 is 0 Å². The quantitative estimate of drug-likeness (QED) is 0.558. The number of nitrogens with one attached hydrogen (secondary N) is 1. The van der Waals surface area contributed by atoms with Crippen LogP contribution in [0.5, 0.6) is 11.5 Å². The van der Waals surface area contributed by atoms with Crippen molar-refractivity contribution >= 4 is 11.6 Å². The van der Waals surface area contributed by atoms with Crippen LogP contribution in [-0.2, 0) is 21.5 Å². The molecule has 1 amide bonds. The Hall–Kier alpha value is -3.40. The molecule has 4 rings (SSSR count). The molecule has 0 spiro atoms. The Balaban J connectivity index is 1.50. The van der Waals surface area contributed by atoms with Crippen LogP contribution in [-0.4, -0.2) is 41.9 Å². The van der Waals surface area contributed by atoms with Gasteiger partial charge in [0, 0.05) is 37.3 Å². The van der Waals surface area contributed by atoms with Gasteiger partial charge in [-0.15, -0.1) is 0 Å². The van der Waals surface area contributed by atoms with E-state index in [1.54, 1.807) is 0 Å². The number of aromatic nitrogens is 1. The number of nitro groups is 1. The molecule has 10 nitrogen and oxygen atoms in total. The number of hydrogen-bond donors (Lipinski definition) is 1. The fraction of sp³-hybridized carbons (Fsp3) is 0.400. The summed E-state index contributed by atoms with van der Waals surface area (Å²) in [4.78, 5) is 34.8. The third-order valence-electron chi connectivity index (χ3n) is 5.55. The zero-order chi connectivity index (χ0) is 21.1. The molecular weight excluding hydrogens is 394 g/mol. The van der Waals surface area contributed by atoms with E-state index in [1.165, 1.54) is 0 Å². The fourth-order valence-corrected chi connectivity index (χ4v) is 3.78. The highest BCUT2D eigenvalue weighted by atomic mass is 16.7. The molecule has 1 aromatic heterocycles. The molecule has 2 aliphatic rings. The SMILES string of the molecule is O=C(Cn1cc([N+](=O)[O-])ccc1=O)NCC1(c2ccc3c(c2)OCO3)CCOCC1. The van der Waals surface area contributed by atoms with Crippen molar-refractivity contribution in [2.45, 2.75) is 24.8 Å². The van der Waals surface area contributed by atoms with Crippen molar-refractivity contribution in [1.82, 2.24) is 9.88 Å². The van der Waals surface area contributed by atoms with Crippen LogP contribution < -0.4 is 20.3 Å². The van der Waals surface area contributed by atoms with Crippen LogP contribution in [0, 0.1) is 10.1 Å². The minimum Gasteiger partial charge on any atom is -0.454 e. The van der Waals surface area contributed by atoms with Crippen LogP contribution in [0.25, 0.3) is 0 Å². The lowest BCUT2D eigenvalue weighted by Gasteiger charge is -2.38. The number of nitrogens with zero attached hydrogens (tertiary/aromatic N) is 2. The first-order chi connectivity index (χ1) is 14.5. The maximum absolute atomic E-state index is 12.5. The number of hydrogen-bond acceptors (Lipinski definition) is 7. The predicted octanol–water partition coefficient (Wildman–Crippen LogP) is 1.35. The van der Waals surface area contributed by atoms with Gasteiger partial charge in [0.2, 0.25) is 12.7 Å². The summed E-state index contributed by atoms with van der Waals surface area (Å²) in [6, 6.07) is 7.96. The van der Waals surface area contributed by atoms with Gasteiger partial charge in [-0.3, -0.25) is 24.3 Å². The Morgan fingerprint density at radius 2 is 1.93 bits per heavy atom. The van der Waals surface area contributed by atoms with Gasteiger partial charge in [0.25, 0.3) is 11.2 Å². The van der Waals surface area contributed by atoms with Crippen LogP contribution in [0.15, 0.2) is 41.3 Å². The summed E-state index contributed by atoms with van der Waals surface area (Å²) >= 11 is 0. The van der Waals surface area contributed by atoms with E-state index in [0.717, 1.165) is 28.5 Å². The van der Waals surface area contributed by atoms with Crippen LogP contribution in [0.4, 0.5) is 5.69 Å². The molecule has 3 heterocycles. The van der Waals surface area contributed by atoms with Crippen molar-refractivity contribution in [2.24, 2.45) is 0 Å². The van der Waals surface area contributed by atoms with Gasteiger partial charge in [0.05, 0.1) is 11.1 Å². The molecule has 2 aliphatic heterocycles. The lowest BCUT2D eigenvalue weighted by molar-refractivity contribution is -0.385. The van der Waals surface area contributed by atoms with E-state index in [-0.39, 0.29) is 24.4 Å². The molecule has 1 N–H and O–H groups in total. The van der Waals surface area contributed by atoms with E-state index in [2.05, 4.69) is 5.32 Å². The second kappa shape index (κ2) is 8.15. The molecule has 2 aromatic rings. The maximum Gasteiger partial charge on any atom is 0.285 e. The van der Waals surface area contributed by atoms with Crippen LogP contribution in [0.1, 0.15) is 18.4 Å². The molecule has 0 atom stereocenters. The summed E-state index contributed by atoms with van der Waals surface area (Å²) in [5, 5.41) is 13.8. The molecule has 0 radical (unpaired) electrons. The van der Waals surface area contributed by atoms with E-state index in [4.69, 9.17) is 14.2 Å². The monoisotopic (exact) mass is 415 g/mol. The van der Waals surface area contributed by atoms with Crippen molar-refractivity contribution < 1.29 is 23.9 Å². The highest BCUT2D eigenvalue weighted by molar-refractivity contribution is 5.76.